The van der Waals surface area contributed by atoms with E-state index in [0.29, 0.717) is 18.8 Å². The van der Waals surface area contributed by atoms with Crippen molar-refractivity contribution in [3.63, 3.8) is 0 Å². The summed E-state index contributed by atoms with van der Waals surface area (Å²) in [5.41, 5.74) is 2.88. The van der Waals surface area contributed by atoms with Gasteiger partial charge in [0.05, 0.1) is 18.7 Å². The molecule has 1 atom stereocenters. The molecule has 1 amide bonds. The van der Waals surface area contributed by atoms with Crippen LogP contribution < -0.4 is 15.0 Å². The van der Waals surface area contributed by atoms with Gasteiger partial charge in [-0.3, -0.25) is 4.79 Å². The zero-order valence-electron chi connectivity index (χ0n) is 18.0. The Bertz CT molecular complexity index is 979. The summed E-state index contributed by atoms with van der Waals surface area (Å²) in [4.78, 5) is 14.7. The zero-order chi connectivity index (χ0) is 21.4. The molecule has 0 aromatic heterocycles. The molecule has 1 unspecified atom stereocenters. The predicted octanol–water partition coefficient (Wildman–Crippen LogP) is 4.56. The number of nitrogens with zero attached hydrogens (tertiary/aromatic N) is 2. The molecule has 1 N–H and O–H groups in total. The lowest BCUT2D eigenvalue weighted by Crippen LogP contribution is -2.45. The normalized spacial score (nSPS) is 20.3. The van der Waals surface area contributed by atoms with Crippen molar-refractivity contribution in [2.24, 2.45) is 11.3 Å². The summed E-state index contributed by atoms with van der Waals surface area (Å²) in [5, 5.41) is 12.2. The lowest BCUT2D eigenvalue weighted by atomic mass is 9.90. The molecule has 2 aliphatic carbocycles. The third kappa shape index (κ3) is 4.25. The first-order valence-corrected chi connectivity index (χ1v) is 11.4. The summed E-state index contributed by atoms with van der Waals surface area (Å²) in [7, 11) is 0. The van der Waals surface area contributed by atoms with Crippen molar-refractivity contribution >= 4 is 11.6 Å². The number of nitriles is 1. The summed E-state index contributed by atoms with van der Waals surface area (Å²) >= 11 is 0. The fourth-order valence-corrected chi connectivity index (χ4v) is 4.14. The van der Waals surface area contributed by atoms with E-state index in [2.05, 4.69) is 64.8 Å². The van der Waals surface area contributed by atoms with Gasteiger partial charge in [0.15, 0.2) is 0 Å². The van der Waals surface area contributed by atoms with E-state index in [4.69, 9.17) is 4.74 Å². The van der Waals surface area contributed by atoms with E-state index in [0.717, 1.165) is 36.9 Å². The van der Waals surface area contributed by atoms with Crippen LogP contribution in [0.25, 0.3) is 0 Å². The molecule has 1 heterocycles. The second-order valence-electron chi connectivity index (χ2n) is 9.41. The van der Waals surface area contributed by atoms with Crippen LogP contribution in [0.15, 0.2) is 48.5 Å². The smallest absolute Gasteiger partial charge is 0.240 e. The van der Waals surface area contributed by atoms with E-state index in [1.165, 1.54) is 24.1 Å². The molecule has 0 spiro atoms. The maximum Gasteiger partial charge on any atom is 0.240 e. The summed E-state index contributed by atoms with van der Waals surface area (Å²) in [5.74, 6) is 2.13. The van der Waals surface area contributed by atoms with Crippen LogP contribution in [-0.2, 0) is 4.79 Å². The van der Waals surface area contributed by atoms with Gasteiger partial charge < -0.3 is 15.0 Å². The number of hydrogen-bond acceptors (Lipinski definition) is 4. The van der Waals surface area contributed by atoms with Crippen molar-refractivity contribution in [3.05, 3.63) is 59.7 Å². The van der Waals surface area contributed by atoms with Crippen LogP contribution in [0.1, 0.15) is 55.7 Å². The van der Waals surface area contributed by atoms with Crippen molar-refractivity contribution in [3.8, 4) is 11.8 Å². The number of benzene rings is 2. The molecule has 2 aromatic carbocycles. The van der Waals surface area contributed by atoms with Crippen LogP contribution in [0.4, 0.5) is 5.69 Å². The van der Waals surface area contributed by atoms with Crippen LogP contribution in [0, 0.1) is 22.7 Å². The van der Waals surface area contributed by atoms with Crippen molar-refractivity contribution < 1.29 is 9.53 Å². The second-order valence-corrected chi connectivity index (χ2v) is 9.41. The largest absolute Gasteiger partial charge is 0.493 e. The minimum Gasteiger partial charge on any atom is -0.493 e. The quantitative estimate of drug-likeness (QED) is 0.686. The number of hydrogen-bond donors (Lipinski definition) is 1. The van der Waals surface area contributed by atoms with Crippen LogP contribution in [0.3, 0.4) is 0 Å². The molecule has 0 radical (unpaired) electrons. The molecule has 5 nitrogen and oxygen atoms in total. The molecule has 3 aliphatic rings. The topological polar surface area (TPSA) is 65.4 Å². The van der Waals surface area contributed by atoms with Gasteiger partial charge in [0.1, 0.15) is 11.2 Å². The minimum absolute atomic E-state index is 0.0917. The molecule has 5 heteroatoms. The Morgan fingerprint density at radius 3 is 2.42 bits per heavy atom. The number of carbonyl (C=O) groups is 1. The maximum atomic E-state index is 12.3. The van der Waals surface area contributed by atoms with Gasteiger partial charge in [0.25, 0.3) is 0 Å². The number of rotatable bonds is 8. The molecule has 1 aliphatic heterocycles. The monoisotopic (exact) mass is 415 g/mol. The Labute approximate surface area is 184 Å². The third-order valence-corrected chi connectivity index (χ3v) is 6.92. The Morgan fingerprint density at radius 2 is 1.84 bits per heavy atom. The van der Waals surface area contributed by atoms with Crippen molar-refractivity contribution in [2.45, 2.75) is 44.6 Å². The van der Waals surface area contributed by atoms with Crippen molar-refractivity contribution in [2.75, 3.05) is 24.6 Å². The van der Waals surface area contributed by atoms with Gasteiger partial charge >= 0.3 is 0 Å². The molecular weight excluding hydrogens is 386 g/mol. The Morgan fingerprint density at radius 1 is 1.16 bits per heavy atom. The lowest BCUT2D eigenvalue weighted by molar-refractivity contribution is -0.125. The SMILES string of the molecule is CC(NC(=O)C1(C#N)CC1)c1ccc(C2CN(c3ccc(OCC4CC4)cc3)C2)cc1. The minimum atomic E-state index is -0.773. The third-order valence-electron chi connectivity index (χ3n) is 6.92. The number of anilines is 1. The first kappa shape index (κ1) is 19.9. The van der Waals surface area contributed by atoms with E-state index < -0.39 is 5.41 Å². The maximum absolute atomic E-state index is 12.3. The predicted molar refractivity (Wildman–Crippen MR) is 120 cm³/mol. The Kier molecular flexibility index (Phi) is 5.09. The number of amides is 1. The van der Waals surface area contributed by atoms with E-state index >= 15 is 0 Å². The van der Waals surface area contributed by atoms with E-state index in [1.807, 2.05) is 6.92 Å². The second kappa shape index (κ2) is 7.92. The van der Waals surface area contributed by atoms with Crippen LogP contribution >= 0.6 is 0 Å². The zero-order valence-corrected chi connectivity index (χ0v) is 18.0. The van der Waals surface area contributed by atoms with Crippen LogP contribution in [-0.4, -0.2) is 25.6 Å². The molecule has 2 saturated carbocycles. The average Bonchev–Trinajstić information content (AvgIpc) is 3.67. The fraction of sp³-hybridized carbons (Fsp3) is 0.462. The highest BCUT2D eigenvalue weighted by atomic mass is 16.5. The van der Waals surface area contributed by atoms with E-state index in [-0.39, 0.29) is 11.9 Å². The van der Waals surface area contributed by atoms with Crippen LogP contribution in [0.2, 0.25) is 0 Å². The lowest BCUT2D eigenvalue weighted by Gasteiger charge is -2.41. The number of carbonyl (C=O) groups excluding carboxylic acids is 1. The summed E-state index contributed by atoms with van der Waals surface area (Å²) in [6.07, 6.45) is 3.97. The average molecular weight is 416 g/mol. The van der Waals surface area contributed by atoms with E-state index in [9.17, 15) is 10.1 Å². The molecule has 2 aromatic rings. The summed E-state index contributed by atoms with van der Waals surface area (Å²) in [6.45, 7) is 4.85. The van der Waals surface area contributed by atoms with Gasteiger partial charge in [-0.2, -0.15) is 5.26 Å². The van der Waals surface area contributed by atoms with Gasteiger partial charge in [0.2, 0.25) is 5.91 Å². The summed E-state index contributed by atoms with van der Waals surface area (Å²) in [6, 6.07) is 19.1. The van der Waals surface area contributed by atoms with Gasteiger partial charge in [-0.1, -0.05) is 24.3 Å². The molecular formula is C26H29N3O2. The highest BCUT2D eigenvalue weighted by Gasteiger charge is 2.50. The number of nitrogens with one attached hydrogen (secondary N) is 1. The molecule has 1 saturated heterocycles. The van der Waals surface area contributed by atoms with Gasteiger partial charge in [-0.25, -0.2) is 0 Å². The van der Waals surface area contributed by atoms with Gasteiger partial charge in [0, 0.05) is 24.7 Å². The van der Waals surface area contributed by atoms with Crippen molar-refractivity contribution in [1.29, 1.82) is 5.26 Å². The molecule has 5 rings (SSSR count). The Hall–Kier alpha value is -3.00. The van der Waals surface area contributed by atoms with Crippen LogP contribution in [0.5, 0.6) is 5.75 Å². The standard InChI is InChI=1S/C26H29N3O2/c1-18(28-25(30)26(17-27)12-13-26)20-4-6-21(7-5-20)22-14-29(15-22)23-8-10-24(11-9-23)31-16-19-2-3-19/h4-11,18-19,22H,2-3,12-16H2,1H3,(H,28,30). The summed E-state index contributed by atoms with van der Waals surface area (Å²) < 4.78 is 5.83. The van der Waals surface area contributed by atoms with Crippen molar-refractivity contribution in [1.82, 2.24) is 5.32 Å². The van der Waals surface area contributed by atoms with Gasteiger partial charge in [-0.05, 0) is 73.9 Å². The van der Waals surface area contributed by atoms with E-state index in [1.54, 1.807) is 0 Å². The number of ether oxygens (including phenoxy) is 1. The fourth-order valence-electron chi connectivity index (χ4n) is 4.14. The molecule has 3 fully saturated rings. The highest BCUT2D eigenvalue weighted by Crippen LogP contribution is 2.45. The first-order chi connectivity index (χ1) is 15.1. The molecule has 31 heavy (non-hydrogen) atoms. The molecule has 0 bridgehead atoms. The first-order valence-electron chi connectivity index (χ1n) is 11.4. The Balaban J connectivity index is 1.12. The van der Waals surface area contributed by atoms with Gasteiger partial charge in [-0.15, -0.1) is 0 Å². The highest BCUT2D eigenvalue weighted by molar-refractivity contribution is 5.88. The molecule has 160 valence electrons.